The van der Waals surface area contributed by atoms with E-state index in [1.807, 2.05) is 11.8 Å². The molecule has 17 heteroatoms. The van der Waals surface area contributed by atoms with Crippen LogP contribution in [-0.4, -0.2) is 88.0 Å². The number of alkyl halides is 3. The summed E-state index contributed by atoms with van der Waals surface area (Å²) < 4.78 is 101. The molecule has 55 heavy (non-hydrogen) atoms. The van der Waals surface area contributed by atoms with Crippen molar-refractivity contribution in [1.29, 1.82) is 0 Å². The van der Waals surface area contributed by atoms with Crippen molar-refractivity contribution < 1.29 is 55.2 Å². The molecule has 0 saturated carbocycles. The third kappa shape index (κ3) is 9.56. The number of aliphatic carboxylic acids is 1. The van der Waals surface area contributed by atoms with Gasteiger partial charge < -0.3 is 39.1 Å². The summed E-state index contributed by atoms with van der Waals surface area (Å²) in [7, 11) is -0.874. The van der Waals surface area contributed by atoms with E-state index >= 15 is 8.78 Å². The number of fused-ring (bicyclic) bond motifs is 2. The lowest BCUT2D eigenvalue weighted by Gasteiger charge is -2.48. The fourth-order valence-electron chi connectivity index (χ4n) is 6.65. The van der Waals surface area contributed by atoms with Crippen LogP contribution in [0.4, 0.5) is 33.5 Å². The molecule has 0 unspecified atom stereocenters. The summed E-state index contributed by atoms with van der Waals surface area (Å²) >= 11 is 0. The minimum Gasteiger partial charge on any atom is -0.480 e. The zero-order valence-electron chi connectivity index (χ0n) is 32.0. The molecule has 0 amide bonds. The van der Waals surface area contributed by atoms with Crippen molar-refractivity contribution in [3.05, 3.63) is 47.5 Å². The number of nitrogens with two attached hydrogens (primary N) is 1. The van der Waals surface area contributed by atoms with Crippen LogP contribution in [0.15, 0.2) is 30.3 Å². The molecule has 300 valence electrons. The second-order valence-electron chi connectivity index (χ2n) is 15.5. The number of ether oxygens (including phenoxy) is 4. The van der Waals surface area contributed by atoms with Gasteiger partial charge in [0.05, 0.1) is 12.2 Å². The molecule has 1 fully saturated rings. The standard InChI is InChI=1S/C38H47F5N4O7Si/c1-36(2,3)55(6,7)54-37(4)12-8-13-47(19-37)34-26-17-28(44)31(32(40)33(26)45-35(46-34)52-20-38(41,42)43)25-16-23(53-21-50-5)15-22-9-10-27(39)24(30(22)25)11-14-51-18-29(48)49/h9-10,15-17H,8,11-14,18-21,44H2,1-7H3,(H,48,49)/t37-/m1/s1. The number of piperidine rings is 1. The topological polar surface area (TPSA) is 138 Å². The summed E-state index contributed by atoms with van der Waals surface area (Å²) in [5.74, 6) is -2.56. The normalized spacial score (nSPS) is 16.9. The van der Waals surface area contributed by atoms with Gasteiger partial charge in [-0.25, -0.2) is 13.6 Å². The first-order valence-corrected chi connectivity index (χ1v) is 20.6. The lowest BCUT2D eigenvalue weighted by Crippen LogP contribution is -2.55. The number of benzene rings is 3. The maximum atomic E-state index is 17.3. The third-order valence-electron chi connectivity index (χ3n) is 10.0. The van der Waals surface area contributed by atoms with E-state index in [0.717, 1.165) is 0 Å². The van der Waals surface area contributed by atoms with E-state index < -0.39 is 56.9 Å². The summed E-state index contributed by atoms with van der Waals surface area (Å²) in [6, 6.07) is 6.46. The highest BCUT2D eigenvalue weighted by Gasteiger charge is 2.45. The molecule has 1 aliphatic heterocycles. The number of carboxylic acid groups (broad SMARTS) is 1. The molecule has 0 spiro atoms. The fraction of sp³-hybridized carbons (Fsp3) is 0.500. The first kappa shape index (κ1) is 41.8. The highest BCUT2D eigenvalue weighted by Crippen LogP contribution is 2.45. The smallest absolute Gasteiger partial charge is 0.422 e. The number of rotatable bonds is 14. The van der Waals surface area contributed by atoms with E-state index in [1.54, 1.807) is 6.07 Å². The van der Waals surface area contributed by atoms with Gasteiger partial charge in [-0.2, -0.15) is 23.1 Å². The van der Waals surface area contributed by atoms with Crippen molar-refractivity contribution in [1.82, 2.24) is 9.97 Å². The lowest BCUT2D eigenvalue weighted by molar-refractivity contribution is -0.154. The number of halogens is 5. The first-order valence-electron chi connectivity index (χ1n) is 17.7. The molecule has 0 bridgehead atoms. The summed E-state index contributed by atoms with van der Waals surface area (Å²) in [6.45, 7) is 10.7. The Morgan fingerprint density at radius 2 is 1.82 bits per heavy atom. The fourth-order valence-corrected chi connectivity index (χ4v) is 8.35. The number of carbonyl (C=O) groups is 1. The SMILES string of the molecule is COCOc1cc(-c2c(N)cc3c(N4CCC[C@@](C)(O[Si](C)(C)C(C)(C)C)C4)nc(OCC(F)(F)F)nc3c2F)c2c(CCOCC(=O)O)c(F)ccc2c1. The summed E-state index contributed by atoms with van der Waals surface area (Å²) in [5.41, 5.74) is 5.49. The van der Waals surface area contributed by atoms with Crippen LogP contribution in [0.25, 0.3) is 32.8 Å². The van der Waals surface area contributed by atoms with Gasteiger partial charge in [0.2, 0.25) is 0 Å². The Bertz CT molecular complexity index is 2060. The Labute approximate surface area is 317 Å². The van der Waals surface area contributed by atoms with E-state index in [0.29, 0.717) is 31.3 Å². The number of anilines is 2. The average Bonchev–Trinajstić information content (AvgIpc) is 3.07. The minimum absolute atomic E-state index is 0.0828. The van der Waals surface area contributed by atoms with Crippen LogP contribution in [0.1, 0.15) is 46.1 Å². The molecule has 5 rings (SSSR count). The molecule has 1 aliphatic rings. The van der Waals surface area contributed by atoms with E-state index in [-0.39, 0.29) is 75.1 Å². The Morgan fingerprint density at radius 3 is 2.47 bits per heavy atom. The number of hydrogen-bond acceptors (Lipinski definition) is 10. The monoisotopic (exact) mass is 794 g/mol. The van der Waals surface area contributed by atoms with Gasteiger partial charge in [-0.05, 0) is 90.5 Å². The van der Waals surface area contributed by atoms with E-state index in [9.17, 15) is 18.0 Å². The van der Waals surface area contributed by atoms with Gasteiger partial charge in [-0.3, -0.25) is 0 Å². The van der Waals surface area contributed by atoms with Crippen molar-refractivity contribution in [3.63, 3.8) is 0 Å². The molecule has 11 nitrogen and oxygen atoms in total. The molecule has 1 saturated heterocycles. The minimum atomic E-state index is -4.74. The molecular weight excluding hydrogens is 748 g/mol. The van der Waals surface area contributed by atoms with Gasteiger partial charge in [0.25, 0.3) is 0 Å². The molecule has 0 aliphatic carbocycles. The zero-order valence-corrected chi connectivity index (χ0v) is 33.0. The summed E-state index contributed by atoms with van der Waals surface area (Å²) in [6.07, 6.45) is -3.47. The van der Waals surface area contributed by atoms with Crippen molar-refractivity contribution in [2.24, 2.45) is 0 Å². The number of carboxylic acids is 1. The molecule has 0 radical (unpaired) electrons. The number of methoxy groups -OCH3 is 1. The summed E-state index contributed by atoms with van der Waals surface area (Å²) in [4.78, 5) is 21.4. The van der Waals surface area contributed by atoms with Crippen LogP contribution in [-0.2, 0) is 25.1 Å². The third-order valence-corrected chi connectivity index (χ3v) is 14.6. The molecule has 1 atom stereocenters. The Morgan fingerprint density at radius 1 is 1.09 bits per heavy atom. The number of hydrogen-bond donors (Lipinski definition) is 2. The maximum absolute atomic E-state index is 17.3. The van der Waals surface area contributed by atoms with Gasteiger partial charge in [-0.1, -0.05) is 26.8 Å². The van der Waals surface area contributed by atoms with Crippen molar-refractivity contribution in [3.8, 4) is 22.9 Å². The Hall–Kier alpha value is -4.32. The van der Waals surface area contributed by atoms with Crippen LogP contribution >= 0.6 is 0 Å². The first-order chi connectivity index (χ1) is 25.6. The van der Waals surface area contributed by atoms with E-state index in [2.05, 4.69) is 43.8 Å². The van der Waals surface area contributed by atoms with Crippen LogP contribution in [0.5, 0.6) is 11.8 Å². The number of nitrogen functional groups attached to an aromatic ring is 1. The molecule has 2 heterocycles. The zero-order chi connectivity index (χ0) is 40.5. The Balaban J connectivity index is 1.73. The van der Waals surface area contributed by atoms with Crippen LogP contribution in [0.2, 0.25) is 18.1 Å². The van der Waals surface area contributed by atoms with E-state index in [1.165, 1.54) is 31.4 Å². The van der Waals surface area contributed by atoms with Gasteiger partial charge in [0.15, 0.2) is 27.5 Å². The van der Waals surface area contributed by atoms with Gasteiger partial charge in [0.1, 0.15) is 29.5 Å². The Kier molecular flexibility index (Phi) is 12.2. The molecule has 3 aromatic carbocycles. The van der Waals surface area contributed by atoms with Crippen molar-refractivity contribution >= 4 is 47.5 Å². The lowest BCUT2D eigenvalue weighted by atomic mass is 9.90. The van der Waals surface area contributed by atoms with Crippen LogP contribution in [0.3, 0.4) is 0 Å². The van der Waals surface area contributed by atoms with Gasteiger partial charge >= 0.3 is 18.2 Å². The number of nitrogens with zero attached hydrogens (tertiary/aromatic N) is 3. The summed E-state index contributed by atoms with van der Waals surface area (Å²) in [5, 5.41) is 9.68. The molecular formula is C38H47F5N4O7Si. The predicted octanol–water partition coefficient (Wildman–Crippen LogP) is 8.26. The van der Waals surface area contributed by atoms with Crippen molar-refractivity contribution in [2.75, 3.05) is 57.4 Å². The highest BCUT2D eigenvalue weighted by atomic mass is 28.4. The van der Waals surface area contributed by atoms with Gasteiger partial charge in [-0.15, -0.1) is 0 Å². The second kappa shape index (κ2) is 16.0. The maximum Gasteiger partial charge on any atom is 0.422 e. The molecule has 1 aromatic heterocycles. The second-order valence-corrected chi connectivity index (χ2v) is 20.2. The van der Waals surface area contributed by atoms with Crippen LogP contribution < -0.4 is 20.1 Å². The molecule has 4 aromatic rings. The van der Waals surface area contributed by atoms with Crippen molar-refractivity contribution in [2.45, 2.75) is 76.9 Å². The predicted molar refractivity (Wildman–Crippen MR) is 201 cm³/mol. The quantitative estimate of drug-likeness (QED) is 0.0420. The van der Waals surface area contributed by atoms with Gasteiger partial charge in [0, 0.05) is 36.8 Å². The molecule has 3 N–H and O–H groups in total. The average molecular weight is 795 g/mol. The highest BCUT2D eigenvalue weighted by molar-refractivity contribution is 6.74. The van der Waals surface area contributed by atoms with Crippen LogP contribution in [0, 0.1) is 11.6 Å². The van der Waals surface area contributed by atoms with E-state index in [4.69, 9.17) is 34.2 Å². The number of aromatic nitrogens is 2. The largest absolute Gasteiger partial charge is 0.480 e.